The SMILES string of the molecule is c1cc(C2CCC3(CC2)OOC2(O3)C3CC4CC(C3)CC2C4)ccc1OCCN1CCCC1. The van der Waals surface area contributed by atoms with Gasteiger partial charge in [-0.25, -0.2) is 0 Å². The van der Waals surface area contributed by atoms with Crippen molar-refractivity contribution in [1.29, 1.82) is 0 Å². The van der Waals surface area contributed by atoms with Gasteiger partial charge in [-0.05, 0) is 106 Å². The molecule has 4 bridgehead atoms. The molecule has 2 heterocycles. The Bertz CT molecular complexity index is 812. The largest absolute Gasteiger partial charge is 0.492 e. The van der Waals surface area contributed by atoms with Crippen LogP contribution in [0.25, 0.3) is 0 Å². The minimum atomic E-state index is -0.509. The third kappa shape index (κ3) is 3.74. The zero-order valence-electron chi connectivity index (χ0n) is 19.9. The van der Waals surface area contributed by atoms with Gasteiger partial charge >= 0.3 is 0 Å². The molecule has 5 nitrogen and oxygen atoms in total. The molecule has 180 valence electrons. The van der Waals surface area contributed by atoms with Crippen LogP contribution < -0.4 is 4.74 Å². The molecule has 5 heteroatoms. The van der Waals surface area contributed by atoms with E-state index >= 15 is 0 Å². The molecule has 33 heavy (non-hydrogen) atoms. The number of hydrogen-bond donors (Lipinski definition) is 0. The topological polar surface area (TPSA) is 40.2 Å². The Hall–Kier alpha value is -1.14. The molecule has 0 aromatic heterocycles. The summed E-state index contributed by atoms with van der Waals surface area (Å²) in [6.45, 7) is 4.28. The normalized spacial score (nSPS) is 44.3. The molecule has 0 radical (unpaired) electrons. The van der Waals surface area contributed by atoms with E-state index in [1.54, 1.807) is 0 Å². The van der Waals surface area contributed by atoms with Crippen molar-refractivity contribution in [3.8, 4) is 5.75 Å². The highest BCUT2D eigenvalue weighted by molar-refractivity contribution is 5.30. The molecule has 1 aromatic carbocycles. The van der Waals surface area contributed by atoms with Gasteiger partial charge in [-0.1, -0.05) is 12.1 Å². The summed E-state index contributed by atoms with van der Waals surface area (Å²) in [5.41, 5.74) is 1.42. The third-order valence-corrected chi connectivity index (χ3v) is 9.92. The second-order valence-corrected chi connectivity index (χ2v) is 11.9. The molecule has 0 unspecified atom stereocenters. The predicted molar refractivity (Wildman–Crippen MR) is 125 cm³/mol. The van der Waals surface area contributed by atoms with Crippen LogP contribution in [0.15, 0.2) is 24.3 Å². The van der Waals surface area contributed by atoms with Crippen LogP contribution >= 0.6 is 0 Å². The smallest absolute Gasteiger partial charge is 0.210 e. The Kier molecular flexibility index (Phi) is 5.27. The van der Waals surface area contributed by atoms with E-state index in [4.69, 9.17) is 19.2 Å². The highest BCUT2D eigenvalue weighted by Crippen LogP contribution is 2.64. The summed E-state index contributed by atoms with van der Waals surface area (Å²) in [6, 6.07) is 8.83. The van der Waals surface area contributed by atoms with E-state index in [9.17, 15) is 0 Å². The highest BCUT2D eigenvalue weighted by atomic mass is 17.3. The van der Waals surface area contributed by atoms with E-state index in [1.165, 1.54) is 63.6 Å². The van der Waals surface area contributed by atoms with Gasteiger partial charge in [-0.15, -0.1) is 0 Å². The first-order valence-electron chi connectivity index (χ1n) is 13.7. The lowest BCUT2D eigenvalue weighted by atomic mass is 9.53. The fraction of sp³-hybridized carbons (Fsp3) is 0.786. The first-order valence-corrected chi connectivity index (χ1v) is 13.7. The Morgan fingerprint density at radius 3 is 2.18 bits per heavy atom. The summed E-state index contributed by atoms with van der Waals surface area (Å²) >= 11 is 0. The molecule has 2 saturated heterocycles. The highest BCUT2D eigenvalue weighted by Gasteiger charge is 2.66. The first kappa shape index (κ1) is 21.2. The second kappa shape index (κ2) is 8.22. The maximum Gasteiger partial charge on any atom is 0.210 e. The van der Waals surface area contributed by atoms with Crippen molar-refractivity contribution in [2.75, 3.05) is 26.2 Å². The minimum absolute atomic E-state index is 0.436. The number of rotatable bonds is 5. The van der Waals surface area contributed by atoms with Crippen LogP contribution in [-0.2, 0) is 14.5 Å². The minimum Gasteiger partial charge on any atom is -0.492 e. The van der Waals surface area contributed by atoms with Crippen LogP contribution in [0.4, 0.5) is 0 Å². The number of benzene rings is 1. The van der Waals surface area contributed by atoms with Gasteiger partial charge in [0.15, 0.2) is 0 Å². The van der Waals surface area contributed by atoms with E-state index in [0.717, 1.165) is 56.4 Å². The average molecular weight is 454 g/mol. The third-order valence-electron chi connectivity index (χ3n) is 9.92. The molecule has 0 atom stereocenters. The second-order valence-electron chi connectivity index (χ2n) is 11.9. The summed E-state index contributed by atoms with van der Waals surface area (Å²) in [6.07, 6.45) is 13.3. The van der Waals surface area contributed by atoms with Crippen LogP contribution in [0, 0.1) is 23.7 Å². The number of ether oxygens (including phenoxy) is 2. The Labute approximate surface area is 198 Å². The fourth-order valence-electron chi connectivity index (χ4n) is 8.32. The summed E-state index contributed by atoms with van der Waals surface area (Å²) in [5.74, 6) is 3.52. The van der Waals surface area contributed by atoms with Crippen molar-refractivity contribution >= 4 is 0 Å². The van der Waals surface area contributed by atoms with Gasteiger partial charge in [-0.2, -0.15) is 9.78 Å². The van der Waals surface area contributed by atoms with Crippen LogP contribution in [0.2, 0.25) is 0 Å². The van der Waals surface area contributed by atoms with Gasteiger partial charge in [0, 0.05) is 31.2 Å². The number of hydrogen-bond acceptors (Lipinski definition) is 5. The molecule has 0 amide bonds. The van der Waals surface area contributed by atoms with E-state index in [2.05, 4.69) is 29.2 Å². The quantitative estimate of drug-likeness (QED) is 0.539. The van der Waals surface area contributed by atoms with Crippen molar-refractivity contribution in [2.45, 2.75) is 88.1 Å². The lowest BCUT2D eigenvalue weighted by Crippen LogP contribution is -2.59. The lowest BCUT2D eigenvalue weighted by Gasteiger charge is -2.57. The molecule has 2 aliphatic heterocycles. The zero-order valence-corrected chi connectivity index (χ0v) is 19.9. The van der Waals surface area contributed by atoms with Crippen molar-refractivity contribution < 1.29 is 19.2 Å². The maximum atomic E-state index is 6.88. The molecule has 7 aliphatic rings. The van der Waals surface area contributed by atoms with E-state index < -0.39 is 11.6 Å². The van der Waals surface area contributed by atoms with Crippen molar-refractivity contribution in [3.05, 3.63) is 29.8 Å². The van der Waals surface area contributed by atoms with Crippen LogP contribution in [0.1, 0.15) is 82.1 Å². The van der Waals surface area contributed by atoms with Gasteiger partial charge in [0.1, 0.15) is 12.4 Å². The van der Waals surface area contributed by atoms with Crippen molar-refractivity contribution in [1.82, 2.24) is 4.90 Å². The summed E-state index contributed by atoms with van der Waals surface area (Å²) < 4.78 is 12.9. The number of likely N-dealkylation sites (tertiary alicyclic amines) is 1. The van der Waals surface area contributed by atoms with Gasteiger partial charge in [-0.3, -0.25) is 4.90 Å². The first-order chi connectivity index (χ1) is 16.2. The van der Waals surface area contributed by atoms with Crippen LogP contribution in [0.3, 0.4) is 0 Å². The molecule has 5 saturated carbocycles. The van der Waals surface area contributed by atoms with Gasteiger partial charge in [0.05, 0.1) is 0 Å². The molecular weight excluding hydrogens is 414 g/mol. The fourth-order valence-corrected chi connectivity index (χ4v) is 8.32. The molecule has 1 aromatic rings. The summed E-state index contributed by atoms with van der Waals surface area (Å²) in [4.78, 5) is 14.8. The molecule has 7 fully saturated rings. The van der Waals surface area contributed by atoms with Crippen molar-refractivity contribution in [3.63, 3.8) is 0 Å². The van der Waals surface area contributed by atoms with Gasteiger partial charge < -0.3 is 9.47 Å². The maximum absolute atomic E-state index is 6.88. The van der Waals surface area contributed by atoms with Gasteiger partial charge in [0.25, 0.3) is 0 Å². The lowest BCUT2D eigenvalue weighted by molar-refractivity contribution is -0.390. The Morgan fingerprint density at radius 1 is 0.848 bits per heavy atom. The van der Waals surface area contributed by atoms with Crippen molar-refractivity contribution in [2.24, 2.45) is 23.7 Å². The van der Waals surface area contributed by atoms with Crippen LogP contribution in [0.5, 0.6) is 5.75 Å². The predicted octanol–water partition coefficient (Wildman–Crippen LogP) is 5.65. The van der Waals surface area contributed by atoms with E-state index in [1.807, 2.05) is 0 Å². The van der Waals surface area contributed by atoms with Gasteiger partial charge in [0.2, 0.25) is 11.6 Å². The molecular formula is C28H39NO4. The Balaban J connectivity index is 0.943. The van der Waals surface area contributed by atoms with E-state index in [-0.39, 0.29) is 0 Å². The number of nitrogens with zero attached hydrogens (tertiary/aromatic N) is 1. The molecule has 8 rings (SSSR count). The Morgan fingerprint density at radius 2 is 1.52 bits per heavy atom. The molecule has 2 spiro atoms. The standard InChI is InChI=1S/C28H39NO4/c1-2-12-29(11-1)13-14-30-26-5-3-22(4-6-26)23-7-9-27(10-8-23)31-28(33-32-27)24-16-20-15-21(18-24)19-25(28)17-20/h3-6,20-21,23-25H,1-2,7-19H2. The average Bonchev–Trinajstić information content (AvgIpc) is 3.48. The summed E-state index contributed by atoms with van der Waals surface area (Å²) in [5, 5.41) is 0. The van der Waals surface area contributed by atoms with Crippen LogP contribution in [-0.4, -0.2) is 42.7 Å². The monoisotopic (exact) mass is 453 g/mol. The summed E-state index contributed by atoms with van der Waals surface area (Å²) in [7, 11) is 0. The molecule has 0 N–H and O–H groups in total. The zero-order chi connectivity index (χ0) is 21.9. The van der Waals surface area contributed by atoms with E-state index in [0.29, 0.717) is 17.8 Å². The molecule has 5 aliphatic carbocycles.